The summed E-state index contributed by atoms with van der Waals surface area (Å²) in [5, 5.41) is 0.188. The fourth-order valence-corrected chi connectivity index (χ4v) is 3.27. The average molecular weight is 355 g/mol. The molecular weight excluding hydrogens is 324 g/mol. The lowest BCUT2D eigenvalue weighted by atomic mass is 10.1. The molecule has 0 bridgehead atoms. The van der Waals surface area contributed by atoms with Crippen LogP contribution in [0.5, 0.6) is 0 Å². The zero-order valence-electron chi connectivity index (χ0n) is 16.3. The van der Waals surface area contributed by atoms with Gasteiger partial charge >= 0.3 is 0 Å². The van der Waals surface area contributed by atoms with Crippen LogP contribution in [0.3, 0.4) is 0 Å². The van der Waals surface area contributed by atoms with Crippen LogP contribution in [0, 0.1) is 0 Å². The van der Waals surface area contributed by atoms with Crippen molar-refractivity contribution in [3.8, 4) is 0 Å². The number of hydrogen-bond donors (Lipinski definition) is 0. The van der Waals surface area contributed by atoms with Gasteiger partial charge in [0.1, 0.15) is 0 Å². The molecule has 0 aliphatic heterocycles. The minimum atomic E-state index is -1.82. The lowest BCUT2D eigenvalue weighted by molar-refractivity contribution is 0.265. The van der Waals surface area contributed by atoms with Gasteiger partial charge in [-0.1, -0.05) is 57.2 Å². The second-order valence-corrected chi connectivity index (χ2v) is 12.7. The lowest BCUT2D eigenvalue weighted by Gasteiger charge is -2.37. The second-order valence-electron chi connectivity index (χ2n) is 7.93. The summed E-state index contributed by atoms with van der Waals surface area (Å²) in [4.78, 5) is 9.36. The third kappa shape index (κ3) is 5.35. The average Bonchev–Trinajstić information content (AvgIpc) is 2.59. The number of rotatable bonds is 6. The zero-order valence-corrected chi connectivity index (χ0v) is 17.3. The molecule has 0 unspecified atom stereocenters. The van der Waals surface area contributed by atoms with Crippen molar-refractivity contribution in [1.29, 1.82) is 0 Å². The van der Waals surface area contributed by atoms with Gasteiger partial charge in [-0.3, -0.25) is 9.98 Å². The lowest BCUT2D eigenvalue weighted by Crippen LogP contribution is -2.41. The van der Waals surface area contributed by atoms with Crippen molar-refractivity contribution in [2.24, 2.45) is 4.99 Å². The maximum atomic E-state index is 6.46. The summed E-state index contributed by atoms with van der Waals surface area (Å²) >= 11 is 0. The minimum absolute atomic E-state index is 0.0164. The number of pyridine rings is 1. The maximum absolute atomic E-state index is 6.46. The molecule has 3 nitrogen and oxygen atoms in total. The highest BCUT2D eigenvalue weighted by Gasteiger charge is 2.37. The molecule has 0 N–H and O–H groups in total. The van der Waals surface area contributed by atoms with Crippen LogP contribution < -0.4 is 0 Å². The van der Waals surface area contributed by atoms with E-state index < -0.39 is 8.32 Å². The van der Waals surface area contributed by atoms with Crippen molar-refractivity contribution in [3.63, 3.8) is 0 Å². The number of aromatic nitrogens is 1. The molecule has 2 rings (SSSR count). The highest BCUT2D eigenvalue weighted by atomic mass is 28.4. The van der Waals surface area contributed by atoms with Gasteiger partial charge in [-0.15, -0.1) is 0 Å². The molecule has 0 aliphatic rings. The Kier molecular flexibility index (Phi) is 6.30. The zero-order chi connectivity index (χ0) is 18.5. The van der Waals surface area contributed by atoms with Gasteiger partial charge < -0.3 is 4.43 Å². The molecule has 2 aromatic rings. The van der Waals surface area contributed by atoms with Crippen molar-refractivity contribution in [2.75, 3.05) is 6.61 Å². The summed E-state index contributed by atoms with van der Waals surface area (Å²) in [5.41, 5.74) is 3.03. The molecule has 0 aliphatic carbocycles. The van der Waals surface area contributed by atoms with Crippen LogP contribution in [-0.4, -0.2) is 25.6 Å². The van der Waals surface area contributed by atoms with Crippen LogP contribution in [-0.2, 0) is 4.43 Å². The van der Waals surface area contributed by atoms with E-state index in [-0.39, 0.29) is 11.1 Å². The van der Waals surface area contributed by atoms with Crippen molar-refractivity contribution >= 4 is 14.0 Å². The molecule has 0 saturated heterocycles. The topological polar surface area (TPSA) is 34.5 Å². The fraction of sp³-hybridized carbons (Fsp3) is 0.429. The van der Waals surface area contributed by atoms with E-state index in [4.69, 9.17) is 9.42 Å². The Hall–Kier alpha value is -1.78. The maximum Gasteiger partial charge on any atom is 0.192 e. The van der Waals surface area contributed by atoms with Crippen LogP contribution in [0.15, 0.2) is 59.7 Å². The van der Waals surface area contributed by atoms with Gasteiger partial charge in [-0.05, 0) is 42.8 Å². The molecular formula is C21H30N2OSi. The molecule has 1 atom stereocenters. The van der Waals surface area contributed by atoms with Gasteiger partial charge in [0.15, 0.2) is 8.32 Å². The Bertz CT molecular complexity index is 691. The number of benzene rings is 1. The Morgan fingerprint density at radius 1 is 1.08 bits per heavy atom. The monoisotopic (exact) mass is 354 g/mol. The quantitative estimate of drug-likeness (QED) is 0.496. The molecule has 1 aromatic carbocycles. The smallest absolute Gasteiger partial charge is 0.192 e. The molecule has 4 heteroatoms. The summed E-state index contributed by atoms with van der Waals surface area (Å²) in [7, 11) is -1.82. The van der Waals surface area contributed by atoms with E-state index in [2.05, 4.69) is 63.1 Å². The fourth-order valence-electron chi connectivity index (χ4n) is 2.26. The van der Waals surface area contributed by atoms with E-state index in [0.29, 0.717) is 6.61 Å². The molecule has 0 amide bonds. The van der Waals surface area contributed by atoms with Crippen LogP contribution in [0.4, 0.5) is 0 Å². The van der Waals surface area contributed by atoms with Gasteiger partial charge in [-0.2, -0.15) is 0 Å². The van der Waals surface area contributed by atoms with Crippen molar-refractivity contribution < 1.29 is 4.43 Å². The number of nitrogens with zero attached hydrogens (tertiary/aromatic N) is 2. The minimum Gasteiger partial charge on any atom is -0.414 e. The largest absolute Gasteiger partial charge is 0.414 e. The van der Waals surface area contributed by atoms with E-state index >= 15 is 0 Å². The van der Waals surface area contributed by atoms with Gasteiger partial charge in [0.25, 0.3) is 0 Å². The van der Waals surface area contributed by atoms with Gasteiger partial charge in [0, 0.05) is 6.20 Å². The molecule has 1 aromatic heterocycles. The first-order valence-electron chi connectivity index (χ1n) is 8.85. The summed E-state index contributed by atoms with van der Waals surface area (Å²) in [6.07, 6.45) is 1.80. The Morgan fingerprint density at radius 3 is 2.28 bits per heavy atom. The Morgan fingerprint density at radius 2 is 1.72 bits per heavy atom. The van der Waals surface area contributed by atoms with E-state index in [1.807, 2.05) is 31.2 Å². The number of aliphatic imine (C=N–C) groups is 1. The third-order valence-corrected chi connectivity index (χ3v) is 9.48. The first kappa shape index (κ1) is 19.5. The predicted molar refractivity (Wildman–Crippen MR) is 109 cm³/mol. The highest BCUT2D eigenvalue weighted by Crippen LogP contribution is 2.37. The molecule has 1 heterocycles. The van der Waals surface area contributed by atoms with Crippen LogP contribution in [0.1, 0.15) is 45.0 Å². The first-order chi connectivity index (χ1) is 11.7. The molecule has 134 valence electrons. The van der Waals surface area contributed by atoms with E-state index in [0.717, 1.165) is 11.4 Å². The number of hydrogen-bond acceptors (Lipinski definition) is 3. The molecule has 0 spiro atoms. The molecule has 0 fully saturated rings. The Labute approximate surface area is 153 Å². The second kappa shape index (κ2) is 8.06. The van der Waals surface area contributed by atoms with Crippen molar-refractivity contribution in [2.45, 2.75) is 51.9 Å². The van der Waals surface area contributed by atoms with Crippen molar-refractivity contribution in [1.82, 2.24) is 4.98 Å². The highest BCUT2D eigenvalue weighted by molar-refractivity contribution is 6.74. The van der Waals surface area contributed by atoms with Crippen LogP contribution in [0.2, 0.25) is 18.1 Å². The summed E-state index contributed by atoms with van der Waals surface area (Å²) in [6, 6.07) is 16.3. The molecule has 0 radical (unpaired) electrons. The molecule has 25 heavy (non-hydrogen) atoms. The van der Waals surface area contributed by atoms with Crippen LogP contribution in [0.25, 0.3) is 0 Å². The summed E-state index contributed by atoms with van der Waals surface area (Å²) < 4.78 is 6.46. The van der Waals surface area contributed by atoms with Gasteiger partial charge in [0.05, 0.1) is 24.1 Å². The first-order valence-corrected chi connectivity index (χ1v) is 11.8. The third-order valence-electron chi connectivity index (χ3n) is 4.98. The predicted octanol–water partition coefficient (Wildman–Crippen LogP) is 5.65. The van der Waals surface area contributed by atoms with Crippen LogP contribution >= 0.6 is 0 Å². The van der Waals surface area contributed by atoms with Gasteiger partial charge in [-0.25, -0.2) is 0 Å². The Balaban J connectivity index is 2.26. The van der Waals surface area contributed by atoms with Gasteiger partial charge in [0.2, 0.25) is 0 Å². The molecule has 0 saturated carbocycles. The normalized spacial score (nSPS) is 14.4. The standard InChI is InChI=1S/C21H30N2OSi/c1-17(19-14-10-11-15-22-19)23-20(18-12-8-7-9-13-18)16-24-25(5,6)21(2,3)4/h7-15,20H,16H2,1-6H3/t20-/m1/s1. The SMILES string of the molecule is CC(=N[C@H](CO[Si](C)(C)C(C)(C)C)c1ccccc1)c1ccccn1. The summed E-state index contributed by atoms with van der Waals surface area (Å²) in [6.45, 7) is 14.0. The van der Waals surface area contributed by atoms with E-state index in [1.165, 1.54) is 5.56 Å². The van der Waals surface area contributed by atoms with E-state index in [9.17, 15) is 0 Å². The summed E-state index contributed by atoms with van der Waals surface area (Å²) in [5.74, 6) is 0. The van der Waals surface area contributed by atoms with E-state index in [1.54, 1.807) is 6.20 Å². The van der Waals surface area contributed by atoms with Crippen molar-refractivity contribution in [3.05, 3.63) is 66.0 Å².